The SMILES string of the molecule is O=c1c2ccccc2n2c3ccc4c5ccccc5oc4c3c(=O)c3cccc1c32. The molecule has 3 heterocycles. The molecule has 0 aliphatic heterocycles. The molecule has 4 aromatic carbocycles. The first-order chi connectivity index (χ1) is 14.7. The minimum atomic E-state index is -0.116. The third-order valence-electron chi connectivity index (χ3n) is 6.13. The summed E-state index contributed by atoms with van der Waals surface area (Å²) in [7, 11) is 0. The zero-order valence-electron chi connectivity index (χ0n) is 15.7. The van der Waals surface area contributed by atoms with Crippen molar-refractivity contribution in [1.82, 2.24) is 4.40 Å². The van der Waals surface area contributed by atoms with Gasteiger partial charge < -0.3 is 8.82 Å². The largest absolute Gasteiger partial charge is 0.455 e. The number of furan rings is 1. The molecule has 0 bridgehead atoms. The van der Waals surface area contributed by atoms with Gasteiger partial charge in [-0.05, 0) is 42.5 Å². The molecule has 0 spiro atoms. The number of rotatable bonds is 0. The molecule has 0 saturated heterocycles. The molecule has 0 fully saturated rings. The lowest BCUT2D eigenvalue weighted by Gasteiger charge is -2.14. The van der Waals surface area contributed by atoms with Crippen LogP contribution in [0.5, 0.6) is 0 Å². The van der Waals surface area contributed by atoms with Crippen molar-refractivity contribution in [2.75, 3.05) is 0 Å². The Kier molecular flexibility index (Phi) is 2.75. The van der Waals surface area contributed by atoms with Crippen LogP contribution >= 0.6 is 0 Å². The van der Waals surface area contributed by atoms with Crippen LogP contribution in [0, 0.1) is 0 Å². The highest BCUT2D eigenvalue weighted by Crippen LogP contribution is 2.35. The maximum Gasteiger partial charge on any atom is 0.201 e. The molecule has 4 heteroatoms. The maximum atomic E-state index is 13.7. The summed E-state index contributed by atoms with van der Waals surface area (Å²) in [6.07, 6.45) is 0. The Balaban J connectivity index is 1.92. The number of hydrogen-bond donors (Lipinski definition) is 0. The van der Waals surface area contributed by atoms with Gasteiger partial charge in [-0.15, -0.1) is 0 Å². The molecule has 140 valence electrons. The molecule has 7 aromatic rings. The van der Waals surface area contributed by atoms with Gasteiger partial charge in [-0.25, -0.2) is 0 Å². The third-order valence-corrected chi connectivity index (χ3v) is 6.13. The van der Waals surface area contributed by atoms with Crippen LogP contribution in [-0.2, 0) is 0 Å². The van der Waals surface area contributed by atoms with Crippen molar-refractivity contribution in [2.45, 2.75) is 0 Å². The molecule has 0 N–H and O–H groups in total. The van der Waals surface area contributed by atoms with E-state index < -0.39 is 0 Å². The second-order valence-electron chi connectivity index (χ2n) is 7.65. The average Bonchev–Trinajstić information content (AvgIpc) is 3.17. The number of fused-ring (bicyclic) bond motifs is 8. The summed E-state index contributed by atoms with van der Waals surface area (Å²) in [6, 6.07) is 24.7. The summed E-state index contributed by atoms with van der Waals surface area (Å²) in [5.41, 5.74) is 3.36. The molecule has 0 atom stereocenters. The summed E-state index contributed by atoms with van der Waals surface area (Å²) in [5.74, 6) is 0. The predicted molar refractivity (Wildman–Crippen MR) is 121 cm³/mol. The van der Waals surface area contributed by atoms with E-state index in [1.807, 2.05) is 65.1 Å². The zero-order valence-corrected chi connectivity index (χ0v) is 15.7. The van der Waals surface area contributed by atoms with Crippen LogP contribution in [-0.4, -0.2) is 4.40 Å². The molecule has 3 aromatic heterocycles. The van der Waals surface area contributed by atoms with Crippen molar-refractivity contribution < 1.29 is 4.42 Å². The molecule has 4 nitrogen and oxygen atoms in total. The van der Waals surface area contributed by atoms with E-state index in [-0.39, 0.29) is 10.9 Å². The van der Waals surface area contributed by atoms with E-state index in [4.69, 9.17) is 4.42 Å². The van der Waals surface area contributed by atoms with Gasteiger partial charge in [-0.2, -0.15) is 0 Å². The van der Waals surface area contributed by atoms with Crippen molar-refractivity contribution in [3.8, 4) is 0 Å². The van der Waals surface area contributed by atoms with Crippen LogP contribution < -0.4 is 10.9 Å². The van der Waals surface area contributed by atoms with Crippen LogP contribution in [0.25, 0.3) is 60.0 Å². The lowest BCUT2D eigenvalue weighted by molar-refractivity contribution is 0.672. The van der Waals surface area contributed by atoms with Gasteiger partial charge in [0.2, 0.25) is 5.43 Å². The normalized spacial score (nSPS) is 12.3. The summed E-state index contributed by atoms with van der Waals surface area (Å²) in [4.78, 5) is 26.8. The smallest absolute Gasteiger partial charge is 0.201 e. The van der Waals surface area contributed by atoms with Crippen molar-refractivity contribution in [3.63, 3.8) is 0 Å². The van der Waals surface area contributed by atoms with Gasteiger partial charge in [0.1, 0.15) is 11.2 Å². The lowest BCUT2D eigenvalue weighted by atomic mass is 10.0. The third kappa shape index (κ3) is 1.72. The van der Waals surface area contributed by atoms with Gasteiger partial charge in [-0.3, -0.25) is 9.59 Å². The Morgan fingerprint density at radius 1 is 0.567 bits per heavy atom. The number of para-hydroxylation sites is 3. The fourth-order valence-corrected chi connectivity index (χ4v) is 4.85. The fraction of sp³-hybridized carbons (Fsp3) is 0. The first kappa shape index (κ1) is 15.7. The standard InChI is InChI=1S/C26H13NO3/c28-24-16-7-1-3-10-19(16)27-20-13-12-15-14-6-2-4-11-21(14)30-26(15)22(20)25(29)18-9-5-8-17(24)23(18)27/h1-13H. The topological polar surface area (TPSA) is 51.7 Å². The molecule has 0 amide bonds. The van der Waals surface area contributed by atoms with E-state index in [9.17, 15) is 9.59 Å². The van der Waals surface area contributed by atoms with Crippen LogP contribution in [0.1, 0.15) is 0 Å². The van der Waals surface area contributed by atoms with E-state index in [0.29, 0.717) is 32.6 Å². The van der Waals surface area contributed by atoms with Crippen LogP contribution in [0.2, 0.25) is 0 Å². The molecular formula is C26H13NO3. The Labute approximate surface area is 168 Å². The Bertz CT molecular complexity index is 1940. The number of hydrogen-bond acceptors (Lipinski definition) is 3. The van der Waals surface area contributed by atoms with Crippen molar-refractivity contribution in [1.29, 1.82) is 0 Å². The second kappa shape index (κ2) is 5.24. The van der Waals surface area contributed by atoms with Gasteiger partial charge in [-0.1, -0.05) is 36.4 Å². The van der Waals surface area contributed by atoms with Gasteiger partial charge >= 0.3 is 0 Å². The highest BCUT2D eigenvalue weighted by atomic mass is 16.3. The number of pyridine rings is 2. The molecule has 0 aliphatic carbocycles. The van der Waals surface area contributed by atoms with Gasteiger partial charge in [0, 0.05) is 26.9 Å². The van der Waals surface area contributed by atoms with Gasteiger partial charge in [0.25, 0.3) is 0 Å². The minimum absolute atomic E-state index is 0.0558. The van der Waals surface area contributed by atoms with Gasteiger partial charge in [0.05, 0.1) is 21.9 Å². The molecule has 0 radical (unpaired) electrons. The molecule has 0 aliphatic rings. The Morgan fingerprint density at radius 2 is 1.27 bits per heavy atom. The van der Waals surface area contributed by atoms with Gasteiger partial charge in [0.15, 0.2) is 5.43 Å². The predicted octanol–water partition coefficient (Wildman–Crippen LogP) is 5.46. The quantitative estimate of drug-likeness (QED) is 0.257. The van der Waals surface area contributed by atoms with Crippen molar-refractivity contribution >= 4 is 60.0 Å². The number of benzene rings is 4. The lowest BCUT2D eigenvalue weighted by Crippen LogP contribution is -2.14. The van der Waals surface area contributed by atoms with E-state index in [0.717, 1.165) is 27.4 Å². The molecule has 0 unspecified atom stereocenters. The molecule has 0 saturated carbocycles. The second-order valence-corrected chi connectivity index (χ2v) is 7.65. The van der Waals surface area contributed by atoms with E-state index in [1.54, 1.807) is 18.2 Å². The summed E-state index contributed by atoms with van der Waals surface area (Å²) in [5, 5.41) is 4.14. The minimum Gasteiger partial charge on any atom is -0.455 e. The number of nitrogens with zero attached hydrogens (tertiary/aromatic N) is 1. The average molecular weight is 387 g/mol. The first-order valence-electron chi connectivity index (χ1n) is 9.80. The summed E-state index contributed by atoms with van der Waals surface area (Å²) in [6.45, 7) is 0. The Hall–Kier alpha value is -4.18. The van der Waals surface area contributed by atoms with Crippen LogP contribution in [0.15, 0.2) is 92.9 Å². The van der Waals surface area contributed by atoms with E-state index >= 15 is 0 Å². The monoisotopic (exact) mass is 387 g/mol. The Morgan fingerprint density at radius 3 is 2.13 bits per heavy atom. The highest BCUT2D eigenvalue weighted by molar-refractivity contribution is 6.18. The fourth-order valence-electron chi connectivity index (χ4n) is 4.85. The van der Waals surface area contributed by atoms with Crippen molar-refractivity contribution in [2.24, 2.45) is 0 Å². The van der Waals surface area contributed by atoms with Crippen LogP contribution in [0.4, 0.5) is 0 Å². The maximum absolute atomic E-state index is 13.7. The summed E-state index contributed by atoms with van der Waals surface area (Å²) >= 11 is 0. The van der Waals surface area contributed by atoms with E-state index in [2.05, 4.69) is 0 Å². The van der Waals surface area contributed by atoms with Crippen LogP contribution in [0.3, 0.4) is 0 Å². The number of aromatic nitrogens is 1. The molecular weight excluding hydrogens is 374 g/mol. The van der Waals surface area contributed by atoms with E-state index in [1.165, 1.54) is 0 Å². The molecule has 30 heavy (non-hydrogen) atoms. The first-order valence-corrected chi connectivity index (χ1v) is 9.80. The summed E-state index contributed by atoms with van der Waals surface area (Å²) < 4.78 is 8.20. The molecule has 7 rings (SSSR count). The zero-order chi connectivity index (χ0) is 20.0. The highest BCUT2D eigenvalue weighted by Gasteiger charge is 2.20. The van der Waals surface area contributed by atoms with Crippen molar-refractivity contribution in [3.05, 3.63) is 99.3 Å².